The molecule has 1 aliphatic rings. The minimum atomic E-state index is -0.208. The third kappa shape index (κ3) is 3.91. The standard InChI is InChI=1S/C15H22FNO2/c1-15(2,5-6-18)10-17-9-13-8-11-7-12(16)3-4-14(11)19-13/h3-4,7,13,17-18H,5-6,8-10H2,1-2H3. The summed E-state index contributed by atoms with van der Waals surface area (Å²) < 4.78 is 18.8. The summed E-state index contributed by atoms with van der Waals surface area (Å²) in [6.45, 7) is 6.02. The van der Waals surface area contributed by atoms with Gasteiger partial charge in [0.15, 0.2) is 0 Å². The van der Waals surface area contributed by atoms with Gasteiger partial charge in [-0.25, -0.2) is 4.39 Å². The molecule has 19 heavy (non-hydrogen) atoms. The highest BCUT2D eigenvalue weighted by Gasteiger charge is 2.24. The molecule has 3 nitrogen and oxygen atoms in total. The fraction of sp³-hybridized carbons (Fsp3) is 0.600. The van der Waals surface area contributed by atoms with Crippen LogP contribution in [0.2, 0.25) is 0 Å². The first-order chi connectivity index (χ1) is 9.00. The van der Waals surface area contributed by atoms with Gasteiger partial charge in [0.1, 0.15) is 17.7 Å². The maximum Gasteiger partial charge on any atom is 0.123 e. The van der Waals surface area contributed by atoms with E-state index in [1.807, 2.05) is 0 Å². The lowest BCUT2D eigenvalue weighted by Crippen LogP contribution is -2.36. The molecule has 0 bridgehead atoms. The zero-order valence-electron chi connectivity index (χ0n) is 11.6. The van der Waals surface area contributed by atoms with Crippen molar-refractivity contribution in [3.05, 3.63) is 29.6 Å². The third-order valence-electron chi connectivity index (χ3n) is 3.53. The van der Waals surface area contributed by atoms with Crippen molar-refractivity contribution in [1.82, 2.24) is 5.32 Å². The Kier molecular flexibility index (Phi) is 4.42. The lowest BCUT2D eigenvalue weighted by atomic mass is 9.90. The highest BCUT2D eigenvalue weighted by molar-refractivity contribution is 5.37. The number of hydrogen-bond donors (Lipinski definition) is 2. The molecule has 0 radical (unpaired) electrons. The van der Waals surface area contributed by atoms with Crippen LogP contribution in [-0.4, -0.2) is 30.9 Å². The topological polar surface area (TPSA) is 41.5 Å². The quantitative estimate of drug-likeness (QED) is 0.829. The second-order valence-electron chi connectivity index (χ2n) is 5.96. The van der Waals surface area contributed by atoms with Crippen LogP contribution in [0, 0.1) is 11.2 Å². The average Bonchev–Trinajstić information content (AvgIpc) is 2.70. The van der Waals surface area contributed by atoms with Crippen molar-refractivity contribution < 1.29 is 14.2 Å². The molecule has 0 saturated heterocycles. The molecular formula is C15H22FNO2. The molecule has 1 aromatic carbocycles. The number of hydrogen-bond acceptors (Lipinski definition) is 3. The van der Waals surface area contributed by atoms with Gasteiger partial charge in [0.05, 0.1) is 0 Å². The highest BCUT2D eigenvalue weighted by Crippen LogP contribution is 2.29. The van der Waals surface area contributed by atoms with Crippen LogP contribution >= 0.6 is 0 Å². The van der Waals surface area contributed by atoms with E-state index < -0.39 is 0 Å². The zero-order valence-corrected chi connectivity index (χ0v) is 11.6. The summed E-state index contributed by atoms with van der Waals surface area (Å²) in [6.07, 6.45) is 1.60. The Labute approximate surface area is 113 Å². The van der Waals surface area contributed by atoms with Crippen LogP contribution in [0.1, 0.15) is 25.8 Å². The van der Waals surface area contributed by atoms with Crippen molar-refractivity contribution in [3.63, 3.8) is 0 Å². The minimum Gasteiger partial charge on any atom is -0.488 e. The van der Waals surface area contributed by atoms with Crippen LogP contribution in [0.25, 0.3) is 0 Å². The summed E-state index contributed by atoms with van der Waals surface area (Å²) in [7, 11) is 0. The predicted octanol–water partition coefficient (Wildman–Crippen LogP) is 2.13. The van der Waals surface area contributed by atoms with Crippen LogP contribution in [0.5, 0.6) is 5.75 Å². The lowest BCUT2D eigenvalue weighted by Gasteiger charge is -2.24. The maximum absolute atomic E-state index is 13.1. The summed E-state index contributed by atoms with van der Waals surface area (Å²) in [6, 6.07) is 4.67. The van der Waals surface area contributed by atoms with Gasteiger partial charge in [-0.1, -0.05) is 13.8 Å². The molecule has 0 fully saturated rings. The normalized spacial score (nSPS) is 18.2. The summed E-state index contributed by atoms with van der Waals surface area (Å²) >= 11 is 0. The number of aliphatic hydroxyl groups excluding tert-OH is 1. The largest absolute Gasteiger partial charge is 0.488 e. The van der Waals surface area contributed by atoms with Crippen LogP contribution in [0.15, 0.2) is 18.2 Å². The predicted molar refractivity (Wildman–Crippen MR) is 72.9 cm³/mol. The second-order valence-corrected chi connectivity index (χ2v) is 5.96. The first-order valence-electron chi connectivity index (χ1n) is 6.77. The van der Waals surface area contributed by atoms with E-state index in [1.165, 1.54) is 6.07 Å². The fourth-order valence-corrected chi connectivity index (χ4v) is 2.37. The van der Waals surface area contributed by atoms with Gasteiger partial charge in [-0.15, -0.1) is 0 Å². The molecule has 4 heteroatoms. The van der Waals surface area contributed by atoms with E-state index in [9.17, 15) is 4.39 Å². The first-order valence-corrected chi connectivity index (χ1v) is 6.77. The van der Waals surface area contributed by atoms with E-state index in [4.69, 9.17) is 9.84 Å². The average molecular weight is 267 g/mol. The Hall–Kier alpha value is -1.13. The number of nitrogens with one attached hydrogen (secondary N) is 1. The van der Waals surface area contributed by atoms with Crippen LogP contribution in [-0.2, 0) is 6.42 Å². The van der Waals surface area contributed by atoms with Gasteiger partial charge in [0.2, 0.25) is 0 Å². The van der Waals surface area contributed by atoms with Gasteiger partial charge < -0.3 is 15.2 Å². The molecule has 2 N–H and O–H groups in total. The van der Waals surface area contributed by atoms with Crippen LogP contribution in [0.3, 0.4) is 0 Å². The Morgan fingerprint density at radius 2 is 2.26 bits per heavy atom. The molecule has 0 saturated carbocycles. The maximum atomic E-state index is 13.1. The van der Waals surface area contributed by atoms with Crippen LogP contribution < -0.4 is 10.1 Å². The van der Waals surface area contributed by atoms with Gasteiger partial charge in [0.25, 0.3) is 0 Å². The monoisotopic (exact) mass is 267 g/mol. The van der Waals surface area contributed by atoms with Crippen molar-refractivity contribution in [2.45, 2.75) is 32.8 Å². The molecule has 0 spiro atoms. The summed E-state index contributed by atoms with van der Waals surface area (Å²) in [5.41, 5.74) is 1.02. The third-order valence-corrected chi connectivity index (χ3v) is 3.53. The lowest BCUT2D eigenvalue weighted by molar-refractivity contribution is 0.190. The number of aliphatic hydroxyl groups is 1. The Morgan fingerprint density at radius 3 is 3.00 bits per heavy atom. The van der Waals surface area contributed by atoms with E-state index in [-0.39, 0.29) is 23.9 Å². The Balaban J connectivity index is 1.78. The van der Waals surface area contributed by atoms with Gasteiger partial charge in [-0.2, -0.15) is 0 Å². The molecule has 0 aliphatic carbocycles. The van der Waals surface area contributed by atoms with E-state index in [0.717, 1.165) is 37.2 Å². The summed E-state index contributed by atoms with van der Waals surface area (Å²) in [5, 5.41) is 12.3. The zero-order chi connectivity index (χ0) is 13.9. The summed E-state index contributed by atoms with van der Waals surface area (Å²) in [5.74, 6) is 0.586. The Morgan fingerprint density at radius 1 is 1.47 bits per heavy atom. The summed E-state index contributed by atoms with van der Waals surface area (Å²) in [4.78, 5) is 0. The van der Waals surface area contributed by atoms with E-state index in [2.05, 4.69) is 19.2 Å². The minimum absolute atomic E-state index is 0.0710. The number of benzene rings is 1. The molecule has 2 rings (SSSR count). The van der Waals surface area contributed by atoms with E-state index in [0.29, 0.717) is 0 Å². The van der Waals surface area contributed by atoms with Crippen LogP contribution in [0.4, 0.5) is 4.39 Å². The van der Waals surface area contributed by atoms with Gasteiger partial charge in [0, 0.05) is 31.7 Å². The smallest absolute Gasteiger partial charge is 0.123 e. The number of halogens is 1. The van der Waals surface area contributed by atoms with Crippen molar-refractivity contribution in [2.75, 3.05) is 19.7 Å². The SMILES string of the molecule is CC(C)(CCO)CNCC1Cc2cc(F)ccc2O1. The molecule has 1 heterocycles. The first kappa shape index (κ1) is 14.3. The molecule has 0 aromatic heterocycles. The molecule has 1 aliphatic heterocycles. The van der Waals surface area contributed by atoms with Crippen molar-refractivity contribution in [2.24, 2.45) is 5.41 Å². The molecular weight excluding hydrogens is 245 g/mol. The fourth-order valence-electron chi connectivity index (χ4n) is 2.37. The second kappa shape index (κ2) is 5.88. The number of fused-ring (bicyclic) bond motifs is 1. The highest BCUT2D eigenvalue weighted by atomic mass is 19.1. The van der Waals surface area contributed by atoms with Crippen molar-refractivity contribution in [3.8, 4) is 5.75 Å². The van der Waals surface area contributed by atoms with E-state index >= 15 is 0 Å². The number of ether oxygens (including phenoxy) is 1. The molecule has 1 atom stereocenters. The molecule has 0 amide bonds. The van der Waals surface area contributed by atoms with Gasteiger partial charge in [-0.05, 0) is 30.0 Å². The number of rotatable bonds is 6. The Bertz CT molecular complexity index is 434. The van der Waals surface area contributed by atoms with Crippen molar-refractivity contribution >= 4 is 0 Å². The molecule has 1 aromatic rings. The van der Waals surface area contributed by atoms with E-state index in [1.54, 1.807) is 12.1 Å². The van der Waals surface area contributed by atoms with Gasteiger partial charge in [-0.3, -0.25) is 0 Å². The van der Waals surface area contributed by atoms with Gasteiger partial charge >= 0.3 is 0 Å². The van der Waals surface area contributed by atoms with Crippen molar-refractivity contribution in [1.29, 1.82) is 0 Å². The molecule has 106 valence electrons. The molecule has 1 unspecified atom stereocenters.